The van der Waals surface area contributed by atoms with Crippen molar-refractivity contribution < 1.29 is 4.79 Å². The van der Waals surface area contributed by atoms with Crippen molar-refractivity contribution in [2.24, 2.45) is 0 Å². The zero-order valence-corrected chi connectivity index (χ0v) is 11.4. The molecule has 2 N–H and O–H groups in total. The molecule has 0 radical (unpaired) electrons. The Morgan fingerprint density at radius 1 is 1.62 bits per heavy atom. The van der Waals surface area contributed by atoms with E-state index >= 15 is 0 Å². The van der Waals surface area contributed by atoms with Crippen LogP contribution in [0.2, 0.25) is 0 Å². The lowest BCUT2D eigenvalue weighted by Gasteiger charge is -2.22. The molecule has 1 amide bonds. The summed E-state index contributed by atoms with van der Waals surface area (Å²) in [6.45, 7) is 1.58. The van der Waals surface area contributed by atoms with Crippen LogP contribution in [0.25, 0.3) is 0 Å². The Balaban J connectivity index is 1.81. The SMILES string of the molecule is O=C(NCc1sccc1Br)[C@@H]1CCCCN1. The largest absolute Gasteiger partial charge is 0.350 e. The molecule has 2 rings (SSSR count). The third-order valence-corrected chi connectivity index (χ3v) is 4.67. The molecule has 0 aromatic carbocycles. The normalized spacial score (nSPS) is 20.7. The van der Waals surface area contributed by atoms with Gasteiger partial charge in [0, 0.05) is 9.35 Å². The molecule has 1 aromatic rings. The smallest absolute Gasteiger partial charge is 0.237 e. The fraction of sp³-hybridized carbons (Fsp3) is 0.545. The second-order valence-electron chi connectivity index (χ2n) is 3.91. The van der Waals surface area contributed by atoms with E-state index in [1.54, 1.807) is 11.3 Å². The molecule has 88 valence electrons. The zero-order chi connectivity index (χ0) is 11.4. The van der Waals surface area contributed by atoms with Crippen LogP contribution in [0.1, 0.15) is 24.1 Å². The van der Waals surface area contributed by atoms with Gasteiger partial charge >= 0.3 is 0 Å². The van der Waals surface area contributed by atoms with Crippen LogP contribution in [0.5, 0.6) is 0 Å². The molecule has 1 saturated heterocycles. The highest BCUT2D eigenvalue weighted by Gasteiger charge is 2.20. The van der Waals surface area contributed by atoms with Gasteiger partial charge in [0.05, 0.1) is 12.6 Å². The van der Waals surface area contributed by atoms with Crippen LogP contribution < -0.4 is 10.6 Å². The topological polar surface area (TPSA) is 41.1 Å². The minimum atomic E-state index is 0.00693. The summed E-state index contributed by atoms with van der Waals surface area (Å²) in [7, 11) is 0. The second kappa shape index (κ2) is 5.80. The maximum Gasteiger partial charge on any atom is 0.237 e. The number of piperidine rings is 1. The Morgan fingerprint density at radius 3 is 3.12 bits per heavy atom. The Bertz CT molecular complexity index is 361. The summed E-state index contributed by atoms with van der Waals surface area (Å²) in [6.07, 6.45) is 3.28. The first kappa shape index (κ1) is 12.1. The maximum absolute atomic E-state index is 11.8. The summed E-state index contributed by atoms with van der Waals surface area (Å²) < 4.78 is 1.08. The van der Waals surface area contributed by atoms with Crippen molar-refractivity contribution in [1.29, 1.82) is 0 Å². The van der Waals surface area contributed by atoms with Crippen molar-refractivity contribution in [3.8, 4) is 0 Å². The van der Waals surface area contributed by atoms with Gasteiger partial charge in [-0.2, -0.15) is 0 Å². The van der Waals surface area contributed by atoms with E-state index in [-0.39, 0.29) is 11.9 Å². The summed E-state index contributed by atoms with van der Waals surface area (Å²) in [5.74, 6) is 0.125. The predicted molar refractivity (Wildman–Crippen MR) is 69.5 cm³/mol. The van der Waals surface area contributed by atoms with Crippen molar-refractivity contribution in [1.82, 2.24) is 10.6 Å². The van der Waals surface area contributed by atoms with E-state index in [9.17, 15) is 4.79 Å². The summed E-state index contributed by atoms with van der Waals surface area (Å²) in [5.41, 5.74) is 0. The summed E-state index contributed by atoms with van der Waals surface area (Å²) in [5, 5.41) is 8.24. The number of nitrogens with one attached hydrogen (secondary N) is 2. The average Bonchev–Trinajstić information content (AvgIpc) is 2.73. The molecule has 0 unspecified atom stereocenters. The molecule has 2 heterocycles. The summed E-state index contributed by atoms with van der Waals surface area (Å²) in [6, 6.07) is 2.01. The van der Waals surface area contributed by atoms with E-state index in [1.807, 2.05) is 11.4 Å². The van der Waals surface area contributed by atoms with E-state index < -0.39 is 0 Å². The minimum Gasteiger partial charge on any atom is -0.350 e. The van der Waals surface area contributed by atoms with Crippen LogP contribution in [-0.4, -0.2) is 18.5 Å². The van der Waals surface area contributed by atoms with Gasteiger partial charge in [-0.25, -0.2) is 0 Å². The number of amides is 1. The predicted octanol–water partition coefficient (Wildman–Crippen LogP) is 2.27. The fourth-order valence-corrected chi connectivity index (χ4v) is 3.25. The van der Waals surface area contributed by atoms with Gasteiger partial charge in [0.25, 0.3) is 0 Å². The van der Waals surface area contributed by atoms with Crippen molar-refractivity contribution >= 4 is 33.2 Å². The van der Waals surface area contributed by atoms with E-state index in [1.165, 1.54) is 11.3 Å². The number of halogens is 1. The molecule has 5 heteroatoms. The first-order chi connectivity index (χ1) is 7.77. The van der Waals surface area contributed by atoms with Crippen molar-refractivity contribution in [3.63, 3.8) is 0 Å². The Morgan fingerprint density at radius 2 is 2.50 bits per heavy atom. The number of carbonyl (C=O) groups excluding carboxylic acids is 1. The third kappa shape index (κ3) is 3.06. The van der Waals surface area contributed by atoms with Crippen LogP contribution >= 0.6 is 27.3 Å². The minimum absolute atomic E-state index is 0.00693. The highest BCUT2D eigenvalue weighted by molar-refractivity contribution is 9.10. The number of hydrogen-bond acceptors (Lipinski definition) is 3. The molecule has 1 aliphatic heterocycles. The third-order valence-electron chi connectivity index (χ3n) is 2.74. The van der Waals surface area contributed by atoms with Gasteiger partial charge in [0.15, 0.2) is 0 Å². The molecular formula is C11H15BrN2OS. The molecule has 1 aliphatic rings. The standard InChI is InChI=1S/C11H15BrN2OS/c12-8-4-6-16-10(8)7-14-11(15)9-3-1-2-5-13-9/h4,6,9,13H,1-3,5,7H2,(H,14,15)/t9-/m0/s1. The molecular weight excluding hydrogens is 288 g/mol. The Kier molecular flexibility index (Phi) is 4.37. The quantitative estimate of drug-likeness (QED) is 0.899. The lowest BCUT2D eigenvalue weighted by molar-refractivity contribution is -0.123. The molecule has 0 bridgehead atoms. The second-order valence-corrected chi connectivity index (χ2v) is 5.77. The van der Waals surface area contributed by atoms with Crippen LogP contribution in [0, 0.1) is 0 Å². The van der Waals surface area contributed by atoms with Gasteiger partial charge in [-0.3, -0.25) is 4.79 Å². The first-order valence-corrected chi connectivity index (χ1v) is 7.17. The zero-order valence-electron chi connectivity index (χ0n) is 8.96. The van der Waals surface area contributed by atoms with Gasteiger partial charge in [0.1, 0.15) is 0 Å². The molecule has 1 atom stereocenters. The molecule has 1 aromatic heterocycles. The van der Waals surface area contributed by atoms with Gasteiger partial charge in [0.2, 0.25) is 5.91 Å². The Labute approximate surface area is 108 Å². The molecule has 0 saturated carbocycles. The highest BCUT2D eigenvalue weighted by atomic mass is 79.9. The Hall–Kier alpha value is -0.390. The molecule has 3 nitrogen and oxygen atoms in total. The summed E-state index contributed by atoms with van der Waals surface area (Å²) in [4.78, 5) is 13.0. The van der Waals surface area contributed by atoms with E-state index in [0.29, 0.717) is 6.54 Å². The van der Waals surface area contributed by atoms with Gasteiger partial charge in [-0.1, -0.05) is 6.42 Å². The van der Waals surface area contributed by atoms with E-state index in [2.05, 4.69) is 26.6 Å². The van der Waals surface area contributed by atoms with Crippen LogP contribution in [0.3, 0.4) is 0 Å². The van der Waals surface area contributed by atoms with Crippen molar-refractivity contribution in [2.45, 2.75) is 31.8 Å². The van der Waals surface area contributed by atoms with Crippen molar-refractivity contribution in [3.05, 3.63) is 20.8 Å². The van der Waals surface area contributed by atoms with Crippen LogP contribution in [0.4, 0.5) is 0 Å². The average molecular weight is 303 g/mol. The maximum atomic E-state index is 11.8. The van der Waals surface area contributed by atoms with E-state index in [0.717, 1.165) is 23.9 Å². The monoisotopic (exact) mass is 302 g/mol. The van der Waals surface area contributed by atoms with Crippen molar-refractivity contribution in [2.75, 3.05) is 6.54 Å². The van der Waals surface area contributed by atoms with E-state index in [4.69, 9.17) is 0 Å². The number of carbonyl (C=O) groups is 1. The molecule has 0 aliphatic carbocycles. The molecule has 0 spiro atoms. The lowest BCUT2D eigenvalue weighted by Crippen LogP contribution is -2.46. The number of rotatable bonds is 3. The van der Waals surface area contributed by atoms with Crippen LogP contribution in [-0.2, 0) is 11.3 Å². The number of hydrogen-bond donors (Lipinski definition) is 2. The number of thiophene rings is 1. The fourth-order valence-electron chi connectivity index (χ4n) is 1.82. The highest BCUT2D eigenvalue weighted by Crippen LogP contribution is 2.22. The van der Waals surface area contributed by atoms with Crippen LogP contribution in [0.15, 0.2) is 15.9 Å². The lowest BCUT2D eigenvalue weighted by atomic mass is 10.0. The first-order valence-electron chi connectivity index (χ1n) is 5.50. The van der Waals surface area contributed by atoms with Gasteiger partial charge in [-0.05, 0) is 46.8 Å². The van der Waals surface area contributed by atoms with Gasteiger partial charge < -0.3 is 10.6 Å². The van der Waals surface area contributed by atoms with Gasteiger partial charge in [-0.15, -0.1) is 11.3 Å². The molecule has 16 heavy (non-hydrogen) atoms. The summed E-state index contributed by atoms with van der Waals surface area (Å²) >= 11 is 5.11. The molecule has 1 fully saturated rings.